The van der Waals surface area contributed by atoms with Crippen LogP contribution in [0.4, 0.5) is 4.79 Å². The van der Waals surface area contributed by atoms with E-state index in [2.05, 4.69) is 16.0 Å². The normalized spacial score (nSPS) is 21.2. The van der Waals surface area contributed by atoms with Crippen LogP contribution < -0.4 is 16.0 Å². The Morgan fingerprint density at radius 1 is 1.57 bits per heavy atom. The van der Waals surface area contributed by atoms with Gasteiger partial charge < -0.3 is 16.0 Å². The van der Waals surface area contributed by atoms with Crippen LogP contribution in [0.15, 0.2) is 0 Å². The SMILES string of the molecule is CC(C)NC(=O)NCC[C@H]1CCCN1. The molecule has 82 valence electrons. The molecule has 0 spiro atoms. The quantitative estimate of drug-likeness (QED) is 0.628. The van der Waals surface area contributed by atoms with Gasteiger partial charge in [-0.3, -0.25) is 0 Å². The van der Waals surface area contributed by atoms with E-state index in [1.54, 1.807) is 0 Å². The molecule has 1 fully saturated rings. The lowest BCUT2D eigenvalue weighted by molar-refractivity contribution is 0.238. The number of carbonyl (C=O) groups excluding carboxylic acids is 1. The van der Waals surface area contributed by atoms with E-state index in [4.69, 9.17) is 0 Å². The zero-order valence-corrected chi connectivity index (χ0v) is 9.10. The molecule has 1 saturated heterocycles. The van der Waals surface area contributed by atoms with E-state index in [1.165, 1.54) is 12.8 Å². The van der Waals surface area contributed by atoms with Gasteiger partial charge >= 0.3 is 6.03 Å². The van der Waals surface area contributed by atoms with E-state index in [0.717, 1.165) is 19.5 Å². The maximum atomic E-state index is 11.2. The van der Waals surface area contributed by atoms with Crippen molar-refractivity contribution in [2.45, 2.75) is 45.2 Å². The summed E-state index contributed by atoms with van der Waals surface area (Å²) >= 11 is 0. The average molecular weight is 199 g/mol. The number of carbonyl (C=O) groups is 1. The van der Waals surface area contributed by atoms with Gasteiger partial charge in [0.1, 0.15) is 0 Å². The fraction of sp³-hybridized carbons (Fsp3) is 0.900. The Morgan fingerprint density at radius 2 is 2.36 bits per heavy atom. The third-order valence-corrected chi connectivity index (χ3v) is 2.36. The molecule has 1 heterocycles. The van der Waals surface area contributed by atoms with Gasteiger partial charge in [0.2, 0.25) is 0 Å². The molecule has 0 aliphatic carbocycles. The van der Waals surface area contributed by atoms with Crippen molar-refractivity contribution in [2.75, 3.05) is 13.1 Å². The minimum absolute atomic E-state index is 0.0574. The van der Waals surface area contributed by atoms with Crippen molar-refractivity contribution < 1.29 is 4.79 Å². The van der Waals surface area contributed by atoms with Gasteiger partial charge in [0, 0.05) is 18.6 Å². The first-order valence-corrected chi connectivity index (χ1v) is 5.46. The summed E-state index contributed by atoms with van der Waals surface area (Å²) in [6.07, 6.45) is 3.54. The summed E-state index contributed by atoms with van der Waals surface area (Å²) in [4.78, 5) is 11.2. The Bertz CT molecular complexity index is 176. The molecule has 3 N–H and O–H groups in total. The summed E-state index contributed by atoms with van der Waals surface area (Å²) in [6, 6.07) is 0.756. The predicted octanol–water partition coefficient (Wildman–Crippen LogP) is 0.836. The minimum Gasteiger partial charge on any atom is -0.338 e. The van der Waals surface area contributed by atoms with Crippen LogP contribution in [0.5, 0.6) is 0 Å². The molecule has 0 aromatic carbocycles. The second-order valence-electron chi connectivity index (χ2n) is 4.14. The van der Waals surface area contributed by atoms with Gasteiger partial charge in [-0.15, -0.1) is 0 Å². The number of nitrogens with one attached hydrogen (secondary N) is 3. The van der Waals surface area contributed by atoms with Crippen LogP contribution in [0.3, 0.4) is 0 Å². The minimum atomic E-state index is -0.0574. The van der Waals surface area contributed by atoms with Gasteiger partial charge in [-0.25, -0.2) is 4.79 Å². The van der Waals surface area contributed by atoms with Gasteiger partial charge in [-0.1, -0.05) is 0 Å². The summed E-state index contributed by atoms with van der Waals surface area (Å²) in [7, 11) is 0. The third kappa shape index (κ3) is 4.46. The van der Waals surface area contributed by atoms with E-state index in [0.29, 0.717) is 6.04 Å². The standard InChI is InChI=1S/C10H21N3O/c1-8(2)13-10(14)12-7-5-9-4-3-6-11-9/h8-9,11H,3-7H2,1-2H3,(H2,12,13,14)/t9-/m1/s1. The molecule has 4 nitrogen and oxygen atoms in total. The van der Waals surface area contributed by atoms with Crippen LogP contribution in [-0.4, -0.2) is 31.2 Å². The highest BCUT2D eigenvalue weighted by molar-refractivity contribution is 5.73. The Morgan fingerprint density at radius 3 is 2.93 bits per heavy atom. The lowest BCUT2D eigenvalue weighted by Crippen LogP contribution is -2.41. The number of hydrogen-bond acceptors (Lipinski definition) is 2. The molecule has 0 bridgehead atoms. The van der Waals surface area contributed by atoms with E-state index in [1.807, 2.05) is 13.8 Å². The largest absolute Gasteiger partial charge is 0.338 e. The molecule has 2 amide bonds. The van der Waals surface area contributed by atoms with Crippen molar-refractivity contribution in [3.8, 4) is 0 Å². The van der Waals surface area contributed by atoms with Gasteiger partial charge in [-0.05, 0) is 39.7 Å². The van der Waals surface area contributed by atoms with Crippen molar-refractivity contribution >= 4 is 6.03 Å². The van der Waals surface area contributed by atoms with Crippen LogP contribution in [-0.2, 0) is 0 Å². The molecule has 0 radical (unpaired) electrons. The molecule has 4 heteroatoms. The Hall–Kier alpha value is -0.770. The van der Waals surface area contributed by atoms with Crippen molar-refractivity contribution in [3.05, 3.63) is 0 Å². The fourth-order valence-electron chi connectivity index (χ4n) is 1.68. The van der Waals surface area contributed by atoms with Crippen LogP contribution in [0.2, 0.25) is 0 Å². The molecule has 0 saturated carbocycles. The summed E-state index contributed by atoms with van der Waals surface area (Å²) in [6.45, 7) is 5.80. The number of hydrogen-bond donors (Lipinski definition) is 3. The summed E-state index contributed by atoms with van der Waals surface area (Å²) in [5, 5.41) is 9.05. The highest BCUT2D eigenvalue weighted by Crippen LogP contribution is 2.07. The molecule has 0 aromatic heterocycles. The number of amides is 2. The van der Waals surface area contributed by atoms with Crippen LogP contribution in [0, 0.1) is 0 Å². The summed E-state index contributed by atoms with van der Waals surface area (Å²) in [5.74, 6) is 0. The topological polar surface area (TPSA) is 53.2 Å². The Labute approximate surface area is 85.8 Å². The van der Waals surface area contributed by atoms with Gasteiger partial charge in [0.25, 0.3) is 0 Å². The predicted molar refractivity (Wildman–Crippen MR) is 57.3 cm³/mol. The van der Waals surface area contributed by atoms with Crippen LogP contribution >= 0.6 is 0 Å². The van der Waals surface area contributed by atoms with E-state index < -0.39 is 0 Å². The lowest BCUT2D eigenvalue weighted by atomic mass is 10.1. The fourth-order valence-corrected chi connectivity index (χ4v) is 1.68. The van der Waals surface area contributed by atoms with E-state index >= 15 is 0 Å². The van der Waals surface area contributed by atoms with E-state index in [9.17, 15) is 4.79 Å². The maximum Gasteiger partial charge on any atom is 0.314 e. The Kier molecular flexibility index (Phi) is 4.73. The second-order valence-corrected chi connectivity index (χ2v) is 4.14. The smallest absolute Gasteiger partial charge is 0.314 e. The summed E-state index contributed by atoms with van der Waals surface area (Å²) in [5.41, 5.74) is 0. The molecule has 1 aliphatic rings. The highest BCUT2D eigenvalue weighted by atomic mass is 16.2. The molecule has 1 aliphatic heterocycles. The molecular formula is C10H21N3O. The molecule has 1 rings (SSSR count). The first-order chi connectivity index (χ1) is 6.68. The average Bonchev–Trinajstić information content (AvgIpc) is 2.55. The highest BCUT2D eigenvalue weighted by Gasteiger charge is 2.13. The molecule has 1 atom stereocenters. The number of rotatable bonds is 4. The van der Waals surface area contributed by atoms with Gasteiger partial charge in [0.05, 0.1) is 0 Å². The second kappa shape index (κ2) is 5.86. The van der Waals surface area contributed by atoms with Crippen molar-refractivity contribution in [1.82, 2.24) is 16.0 Å². The van der Waals surface area contributed by atoms with Crippen molar-refractivity contribution in [2.24, 2.45) is 0 Å². The third-order valence-electron chi connectivity index (χ3n) is 2.36. The lowest BCUT2D eigenvalue weighted by Gasteiger charge is -2.12. The van der Waals surface area contributed by atoms with Gasteiger partial charge in [0.15, 0.2) is 0 Å². The van der Waals surface area contributed by atoms with E-state index in [-0.39, 0.29) is 12.1 Å². The maximum absolute atomic E-state index is 11.2. The monoisotopic (exact) mass is 199 g/mol. The van der Waals surface area contributed by atoms with Crippen molar-refractivity contribution in [3.63, 3.8) is 0 Å². The Balaban J connectivity index is 1.99. The first kappa shape index (κ1) is 11.3. The molecule has 14 heavy (non-hydrogen) atoms. The first-order valence-electron chi connectivity index (χ1n) is 5.46. The zero-order chi connectivity index (χ0) is 10.4. The molecule has 0 unspecified atom stereocenters. The van der Waals surface area contributed by atoms with Crippen LogP contribution in [0.25, 0.3) is 0 Å². The van der Waals surface area contributed by atoms with Gasteiger partial charge in [-0.2, -0.15) is 0 Å². The van der Waals surface area contributed by atoms with Crippen molar-refractivity contribution in [1.29, 1.82) is 0 Å². The molecule has 0 aromatic rings. The summed E-state index contributed by atoms with van der Waals surface area (Å²) < 4.78 is 0. The zero-order valence-electron chi connectivity index (χ0n) is 9.10. The molecular weight excluding hydrogens is 178 g/mol. The number of urea groups is 1. The van der Waals surface area contributed by atoms with Crippen LogP contribution in [0.1, 0.15) is 33.1 Å².